The summed E-state index contributed by atoms with van der Waals surface area (Å²) >= 11 is 0. The molecule has 0 unspecified atom stereocenters. The lowest BCUT2D eigenvalue weighted by Crippen LogP contribution is -2.44. The van der Waals surface area contributed by atoms with Crippen LogP contribution in [0, 0.1) is 0 Å². The van der Waals surface area contributed by atoms with E-state index in [0.717, 1.165) is 19.6 Å². The molecule has 0 spiro atoms. The highest BCUT2D eigenvalue weighted by atomic mass is 16.5. The zero-order valence-electron chi connectivity index (χ0n) is 9.49. The summed E-state index contributed by atoms with van der Waals surface area (Å²) in [6.45, 7) is 6.15. The number of hydrogen-bond donors (Lipinski definition) is 1. The molecule has 1 N–H and O–H groups in total. The summed E-state index contributed by atoms with van der Waals surface area (Å²) in [6, 6.07) is 10.9. The molecule has 0 radical (unpaired) electrons. The zero-order chi connectivity index (χ0) is 10.7. The first-order chi connectivity index (χ1) is 7.20. The summed E-state index contributed by atoms with van der Waals surface area (Å²) in [5.74, 6) is 0. The Morgan fingerprint density at radius 1 is 1.33 bits per heavy atom. The van der Waals surface area contributed by atoms with Crippen molar-refractivity contribution < 1.29 is 4.74 Å². The van der Waals surface area contributed by atoms with Crippen LogP contribution in [0.5, 0.6) is 0 Å². The molecule has 1 heterocycles. The van der Waals surface area contributed by atoms with Gasteiger partial charge in [0.15, 0.2) is 0 Å². The topological polar surface area (TPSA) is 21.3 Å². The quantitative estimate of drug-likeness (QED) is 0.818. The summed E-state index contributed by atoms with van der Waals surface area (Å²) in [4.78, 5) is 0. The molecule has 0 amide bonds. The lowest BCUT2D eigenvalue weighted by atomic mass is 9.98. The van der Waals surface area contributed by atoms with Crippen LogP contribution in [-0.2, 0) is 4.74 Å². The number of hydrogen-bond acceptors (Lipinski definition) is 2. The summed E-state index contributed by atoms with van der Waals surface area (Å²) < 4.78 is 5.43. The van der Waals surface area contributed by atoms with E-state index in [0.29, 0.717) is 6.04 Å². The maximum atomic E-state index is 5.43. The van der Waals surface area contributed by atoms with Gasteiger partial charge >= 0.3 is 0 Å². The number of rotatable bonds is 3. The van der Waals surface area contributed by atoms with Crippen molar-refractivity contribution in [3.8, 4) is 0 Å². The highest BCUT2D eigenvalue weighted by Crippen LogP contribution is 2.22. The molecular formula is C13H19NO. The lowest BCUT2D eigenvalue weighted by molar-refractivity contribution is 0.167. The summed E-state index contributed by atoms with van der Waals surface area (Å²) in [6.07, 6.45) is 1.10. The molecule has 0 aromatic heterocycles. The van der Waals surface area contributed by atoms with Gasteiger partial charge in [0, 0.05) is 18.2 Å². The molecule has 1 aromatic carbocycles. The first kappa shape index (κ1) is 10.7. The minimum absolute atomic E-state index is 0.148. The van der Waals surface area contributed by atoms with E-state index in [1.807, 2.05) is 0 Å². The number of benzene rings is 1. The van der Waals surface area contributed by atoms with Crippen LogP contribution in [0.1, 0.15) is 31.9 Å². The number of ether oxygens (including phenoxy) is 1. The average Bonchev–Trinajstić information content (AvgIpc) is 2.66. The van der Waals surface area contributed by atoms with Gasteiger partial charge in [0.2, 0.25) is 0 Å². The Balaban J connectivity index is 2.00. The van der Waals surface area contributed by atoms with Gasteiger partial charge in [0.1, 0.15) is 0 Å². The van der Waals surface area contributed by atoms with E-state index in [1.54, 1.807) is 0 Å². The Labute approximate surface area is 91.6 Å². The van der Waals surface area contributed by atoms with Crippen LogP contribution >= 0.6 is 0 Å². The van der Waals surface area contributed by atoms with Gasteiger partial charge in [-0.15, -0.1) is 0 Å². The summed E-state index contributed by atoms with van der Waals surface area (Å²) in [5, 5.41) is 3.65. The monoisotopic (exact) mass is 205 g/mol. The predicted molar refractivity (Wildman–Crippen MR) is 61.8 cm³/mol. The Morgan fingerprint density at radius 3 is 2.67 bits per heavy atom. The van der Waals surface area contributed by atoms with Crippen LogP contribution in [0.4, 0.5) is 0 Å². The van der Waals surface area contributed by atoms with Crippen molar-refractivity contribution in [1.82, 2.24) is 5.32 Å². The van der Waals surface area contributed by atoms with Gasteiger partial charge in [-0.2, -0.15) is 0 Å². The normalized spacial score (nSPS) is 27.9. The Hall–Kier alpha value is -0.860. The smallest absolute Gasteiger partial charge is 0.0646 e. The van der Waals surface area contributed by atoms with Crippen molar-refractivity contribution in [3.05, 3.63) is 35.9 Å². The number of nitrogens with one attached hydrogen (secondary N) is 1. The molecule has 2 heteroatoms. The van der Waals surface area contributed by atoms with Crippen molar-refractivity contribution in [2.24, 2.45) is 0 Å². The largest absolute Gasteiger partial charge is 0.379 e. The second kappa shape index (κ2) is 4.33. The summed E-state index contributed by atoms with van der Waals surface area (Å²) in [5.41, 5.74) is 1.49. The molecule has 1 aliphatic rings. The van der Waals surface area contributed by atoms with Crippen molar-refractivity contribution in [2.45, 2.75) is 31.8 Å². The fourth-order valence-electron chi connectivity index (χ4n) is 2.13. The van der Waals surface area contributed by atoms with Crippen molar-refractivity contribution in [2.75, 3.05) is 13.2 Å². The molecule has 1 aromatic rings. The molecule has 0 aliphatic carbocycles. The van der Waals surface area contributed by atoms with Gasteiger partial charge < -0.3 is 10.1 Å². The predicted octanol–water partition coefficient (Wildman–Crippen LogP) is 2.52. The molecule has 15 heavy (non-hydrogen) atoms. The van der Waals surface area contributed by atoms with Gasteiger partial charge in [0.05, 0.1) is 6.61 Å². The lowest BCUT2D eigenvalue weighted by Gasteiger charge is -2.28. The third-order valence-electron chi connectivity index (χ3n) is 3.08. The van der Waals surface area contributed by atoms with E-state index in [4.69, 9.17) is 4.74 Å². The fraction of sp³-hybridized carbons (Fsp3) is 0.538. The van der Waals surface area contributed by atoms with Crippen LogP contribution in [0.2, 0.25) is 0 Å². The first-order valence-corrected chi connectivity index (χ1v) is 5.60. The van der Waals surface area contributed by atoms with Crippen molar-refractivity contribution >= 4 is 0 Å². The van der Waals surface area contributed by atoms with Gasteiger partial charge in [-0.3, -0.25) is 0 Å². The zero-order valence-corrected chi connectivity index (χ0v) is 9.49. The fourth-order valence-corrected chi connectivity index (χ4v) is 2.13. The summed E-state index contributed by atoms with van der Waals surface area (Å²) in [7, 11) is 0. The van der Waals surface area contributed by atoms with E-state index in [-0.39, 0.29) is 5.54 Å². The van der Waals surface area contributed by atoms with Crippen LogP contribution in [-0.4, -0.2) is 18.8 Å². The maximum Gasteiger partial charge on any atom is 0.0646 e. The molecule has 2 rings (SSSR count). The molecular weight excluding hydrogens is 186 g/mol. The Morgan fingerprint density at radius 2 is 2.07 bits per heavy atom. The molecule has 1 saturated heterocycles. The third kappa shape index (κ3) is 2.58. The van der Waals surface area contributed by atoms with Crippen molar-refractivity contribution in [3.63, 3.8) is 0 Å². The SMILES string of the molecule is C[C@H](N[C@@]1(C)CCOC1)c1ccccc1. The molecule has 0 saturated carbocycles. The molecule has 82 valence electrons. The van der Waals surface area contributed by atoms with E-state index in [2.05, 4.69) is 49.5 Å². The Kier molecular flexibility index (Phi) is 3.08. The van der Waals surface area contributed by atoms with Gasteiger partial charge in [-0.05, 0) is 25.8 Å². The molecule has 2 nitrogen and oxygen atoms in total. The Bertz CT molecular complexity index is 304. The minimum Gasteiger partial charge on any atom is -0.379 e. The van der Waals surface area contributed by atoms with Gasteiger partial charge in [0.25, 0.3) is 0 Å². The highest BCUT2D eigenvalue weighted by molar-refractivity contribution is 5.18. The minimum atomic E-state index is 0.148. The third-order valence-corrected chi connectivity index (χ3v) is 3.08. The highest BCUT2D eigenvalue weighted by Gasteiger charge is 2.30. The maximum absolute atomic E-state index is 5.43. The van der Waals surface area contributed by atoms with Gasteiger partial charge in [-0.1, -0.05) is 30.3 Å². The molecule has 2 atom stereocenters. The molecule has 1 aliphatic heterocycles. The second-order valence-corrected chi connectivity index (χ2v) is 4.64. The van der Waals surface area contributed by atoms with Crippen LogP contribution in [0.3, 0.4) is 0 Å². The van der Waals surface area contributed by atoms with Gasteiger partial charge in [-0.25, -0.2) is 0 Å². The first-order valence-electron chi connectivity index (χ1n) is 5.60. The van der Waals surface area contributed by atoms with E-state index in [1.165, 1.54) is 5.56 Å². The second-order valence-electron chi connectivity index (χ2n) is 4.64. The average molecular weight is 205 g/mol. The molecule has 0 bridgehead atoms. The van der Waals surface area contributed by atoms with E-state index < -0.39 is 0 Å². The van der Waals surface area contributed by atoms with Crippen LogP contribution in [0.15, 0.2) is 30.3 Å². The van der Waals surface area contributed by atoms with Crippen LogP contribution < -0.4 is 5.32 Å². The van der Waals surface area contributed by atoms with Crippen molar-refractivity contribution in [1.29, 1.82) is 0 Å². The van der Waals surface area contributed by atoms with Crippen LogP contribution in [0.25, 0.3) is 0 Å². The molecule has 1 fully saturated rings. The van der Waals surface area contributed by atoms with E-state index >= 15 is 0 Å². The standard InChI is InChI=1S/C13H19NO/c1-11(12-6-4-3-5-7-12)14-13(2)8-9-15-10-13/h3-7,11,14H,8-10H2,1-2H3/t11-,13-/m0/s1. The van der Waals surface area contributed by atoms with E-state index in [9.17, 15) is 0 Å².